The molecule has 0 bridgehead atoms. The maximum Gasteiger partial charge on any atom is 0.247 e. The first-order chi connectivity index (χ1) is 18.4. The monoisotopic (exact) mass is 545 g/mol. The summed E-state index contributed by atoms with van der Waals surface area (Å²) in [6, 6.07) is 1.43. The van der Waals surface area contributed by atoms with Crippen LogP contribution in [0.3, 0.4) is 0 Å². The number of likely N-dealkylation sites (N-methyl/N-ethyl adjacent to an activating group) is 1. The van der Waals surface area contributed by atoms with Crippen LogP contribution < -0.4 is 20.7 Å². The number of hydrogen-bond acceptors (Lipinski definition) is 6. The van der Waals surface area contributed by atoms with Gasteiger partial charge in [0.1, 0.15) is 23.7 Å². The number of hydrogen-bond donors (Lipinski definition) is 3. The Balaban J connectivity index is 1.57. The Morgan fingerprint density at radius 2 is 1.82 bits per heavy atom. The van der Waals surface area contributed by atoms with Crippen LogP contribution in [0.1, 0.15) is 65.0 Å². The van der Waals surface area contributed by atoms with Gasteiger partial charge in [-0.3, -0.25) is 19.2 Å². The Kier molecular flexibility index (Phi) is 8.48. The summed E-state index contributed by atoms with van der Waals surface area (Å²) in [5.41, 5.74) is 0.0579. The van der Waals surface area contributed by atoms with Crippen LogP contribution in [0.5, 0.6) is 5.75 Å². The fraction of sp³-hybridized carbons (Fsp3) is 0.643. The molecule has 2 fully saturated rings. The van der Waals surface area contributed by atoms with Gasteiger partial charge in [0.2, 0.25) is 23.6 Å². The highest BCUT2D eigenvalue weighted by molar-refractivity contribution is 5.94. The number of fused-ring (bicyclic) bond motifs is 2. The van der Waals surface area contributed by atoms with Gasteiger partial charge in [-0.05, 0) is 39.3 Å². The number of nitrogens with one attached hydrogen (secondary N) is 3. The molecule has 2 saturated heterocycles. The number of halogens is 1. The zero-order valence-electron chi connectivity index (χ0n) is 23.4. The topological polar surface area (TPSA) is 120 Å². The van der Waals surface area contributed by atoms with E-state index in [2.05, 4.69) is 16.0 Å². The molecule has 10 nitrogen and oxygen atoms in total. The second-order valence-corrected chi connectivity index (χ2v) is 11.7. The molecule has 0 radical (unpaired) electrons. The summed E-state index contributed by atoms with van der Waals surface area (Å²) in [4.78, 5) is 56.9. The van der Waals surface area contributed by atoms with Crippen LogP contribution in [0.2, 0.25) is 0 Å². The van der Waals surface area contributed by atoms with Crippen LogP contribution in [0.4, 0.5) is 4.39 Å². The molecule has 0 unspecified atom stereocenters. The normalized spacial score (nSPS) is 25.9. The van der Waals surface area contributed by atoms with Crippen molar-refractivity contribution in [1.29, 1.82) is 0 Å². The van der Waals surface area contributed by atoms with Crippen molar-refractivity contribution < 1.29 is 28.3 Å². The number of carbonyl (C=O) groups is 4. The molecule has 39 heavy (non-hydrogen) atoms. The molecule has 4 rings (SSSR count). The Labute approximate surface area is 229 Å². The maximum absolute atomic E-state index is 14.0. The van der Waals surface area contributed by atoms with Gasteiger partial charge in [0.05, 0.1) is 18.7 Å². The van der Waals surface area contributed by atoms with E-state index in [4.69, 9.17) is 4.74 Å². The van der Waals surface area contributed by atoms with Crippen LogP contribution in [0.15, 0.2) is 18.2 Å². The zero-order chi connectivity index (χ0) is 28.5. The molecule has 0 saturated carbocycles. The van der Waals surface area contributed by atoms with E-state index in [1.807, 2.05) is 20.8 Å². The second kappa shape index (κ2) is 11.5. The number of ether oxygens (including phenoxy) is 1. The summed E-state index contributed by atoms with van der Waals surface area (Å²) in [6.07, 6.45) is 2.16. The van der Waals surface area contributed by atoms with Gasteiger partial charge in [0.25, 0.3) is 0 Å². The first-order valence-corrected chi connectivity index (χ1v) is 13.7. The van der Waals surface area contributed by atoms with E-state index in [1.165, 1.54) is 12.1 Å². The predicted molar refractivity (Wildman–Crippen MR) is 142 cm³/mol. The molecule has 3 N–H and O–H groups in total. The van der Waals surface area contributed by atoms with Crippen molar-refractivity contribution in [2.45, 2.75) is 83.6 Å². The van der Waals surface area contributed by atoms with E-state index >= 15 is 0 Å². The fourth-order valence-electron chi connectivity index (χ4n) is 5.61. The summed E-state index contributed by atoms with van der Waals surface area (Å²) in [6.45, 7) is 7.98. The van der Waals surface area contributed by atoms with E-state index in [9.17, 15) is 23.6 Å². The molecule has 0 aliphatic carbocycles. The van der Waals surface area contributed by atoms with E-state index in [1.54, 1.807) is 29.8 Å². The van der Waals surface area contributed by atoms with Gasteiger partial charge >= 0.3 is 0 Å². The average molecular weight is 546 g/mol. The molecule has 5 atom stereocenters. The summed E-state index contributed by atoms with van der Waals surface area (Å²) < 4.78 is 19.3. The van der Waals surface area contributed by atoms with Gasteiger partial charge in [-0.15, -0.1) is 0 Å². The SMILES string of the molecule is CN[C@@H](C)C(=O)N[C@H]1CN(C(=O)C(C)(C)C)CC[C@H]2CC[C@@H](C(=O)N[C@@H]3CCOc4cc(F)ccc43)N2C1=O. The van der Waals surface area contributed by atoms with Gasteiger partial charge < -0.3 is 30.5 Å². The van der Waals surface area contributed by atoms with Gasteiger partial charge in [-0.25, -0.2) is 4.39 Å². The Bertz CT molecular complexity index is 1120. The molecule has 11 heteroatoms. The third-order valence-electron chi connectivity index (χ3n) is 7.90. The van der Waals surface area contributed by atoms with Crippen molar-refractivity contribution >= 4 is 23.6 Å². The van der Waals surface area contributed by atoms with Crippen molar-refractivity contribution in [1.82, 2.24) is 25.8 Å². The van der Waals surface area contributed by atoms with Crippen molar-refractivity contribution in [3.63, 3.8) is 0 Å². The number of rotatable bonds is 5. The second-order valence-electron chi connectivity index (χ2n) is 11.7. The van der Waals surface area contributed by atoms with Crippen molar-refractivity contribution in [3.8, 4) is 5.75 Å². The van der Waals surface area contributed by atoms with Crippen molar-refractivity contribution in [2.75, 3.05) is 26.7 Å². The maximum atomic E-state index is 14.0. The zero-order valence-corrected chi connectivity index (χ0v) is 23.4. The van der Waals surface area contributed by atoms with Gasteiger partial charge in [0, 0.05) is 42.6 Å². The third-order valence-corrected chi connectivity index (χ3v) is 7.90. The van der Waals surface area contributed by atoms with Gasteiger partial charge in [0.15, 0.2) is 0 Å². The molecule has 214 valence electrons. The van der Waals surface area contributed by atoms with Crippen LogP contribution in [0, 0.1) is 11.2 Å². The highest BCUT2D eigenvalue weighted by atomic mass is 19.1. The molecule has 4 amide bonds. The predicted octanol–water partition coefficient (Wildman–Crippen LogP) is 1.50. The molecule has 3 aliphatic heterocycles. The Morgan fingerprint density at radius 3 is 2.51 bits per heavy atom. The van der Waals surface area contributed by atoms with Crippen LogP contribution in [0.25, 0.3) is 0 Å². The lowest BCUT2D eigenvalue weighted by Gasteiger charge is -2.40. The molecule has 3 heterocycles. The Hall–Kier alpha value is -3.21. The number of benzene rings is 1. The third kappa shape index (κ3) is 6.18. The minimum Gasteiger partial charge on any atom is -0.493 e. The first kappa shape index (κ1) is 28.8. The lowest BCUT2D eigenvalue weighted by Crippen LogP contribution is -2.63. The van der Waals surface area contributed by atoms with Crippen molar-refractivity contribution in [2.24, 2.45) is 5.41 Å². The molecule has 0 spiro atoms. The molecule has 1 aromatic rings. The van der Waals surface area contributed by atoms with E-state index in [0.717, 1.165) is 0 Å². The number of nitrogens with zero attached hydrogens (tertiary/aromatic N) is 2. The number of amides is 4. The lowest BCUT2D eigenvalue weighted by molar-refractivity contribution is -0.149. The molecular weight excluding hydrogens is 505 g/mol. The van der Waals surface area contributed by atoms with E-state index in [-0.39, 0.29) is 42.3 Å². The van der Waals surface area contributed by atoms with Crippen LogP contribution in [-0.4, -0.2) is 84.3 Å². The smallest absolute Gasteiger partial charge is 0.247 e. The highest BCUT2D eigenvalue weighted by Crippen LogP contribution is 2.34. The molecule has 3 aliphatic rings. The summed E-state index contributed by atoms with van der Waals surface area (Å²) in [5, 5.41) is 8.75. The molecule has 0 aromatic heterocycles. The van der Waals surface area contributed by atoms with Crippen LogP contribution in [-0.2, 0) is 19.2 Å². The summed E-state index contributed by atoms with van der Waals surface area (Å²) in [7, 11) is 1.65. The Morgan fingerprint density at radius 1 is 1.08 bits per heavy atom. The summed E-state index contributed by atoms with van der Waals surface area (Å²) in [5.74, 6) is -1.11. The quantitative estimate of drug-likeness (QED) is 0.516. The standard InChI is InChI=1S/C28H40FN5O5/c1-16(30-5)24(35)32-21-15-33(27(38)28(2,3)4)12-10-18-7-9-22(34(18)26(21)37)25(36)31-20-11-13-39-23-14-17(29)6-8-19(20)23/h6,8,14,16,18,20-22,30H,7,9-13,15H2,1-5H3,(H,31,36)(H,32,35)/t16-,18+,20+,21-,22-/m0/s1. The number of carbonyl (C=O) groups excluding carboxylic acids is 4. The van der Waals surface area contributed by atoms with Crippen molar-refractivity contribution in [3.05, 3.63) is 29.6 Å². The average Bonchev–Trinajstić information content (AvgIpc) is 3.31. The highest BCUT2D eigenvalue weighted by Gasteiger charge is 2.46. The lowest BCUT2D eigenvalue weighted by atomic mass is 9.93. The van der Waals surface area contributed by atoms with Gasteiger partial charge in [-0.1, -0.05) is 26.8 Å². The largest absolute Gasteiger partial charge is 0.493 e. The first-order valence-electron chi connectivity index (χ1n) is 13.7. The minimum absolute atomic E-state index is 0.0353. The van der Waals surface area contributed by atoms with E-state index < -0.39 is 29.4 Å². The summed E-state index contributed by atoms with van der Waals surface area (Å²) >= 11 is 0. The fourth-order valence-corrected chi connectivity index (χ4v) is 5.61. The van der Waals surface area contributed by atoms with Crippen LogP contribution >= 0.6 is 0 Å². The van der Waals surface area contributed by atoms with E-state index in [0.29, 0.717) is 50.1 Å². The molecular formula is C28H40FN5O5. The molecule has 1 aromatic carbocycles. The van der Waals surface area contributed by atoms with Gasteiger partial charge in [-0.2, -0.15) is 0 Å². The minimum atomic E-state index is -0.984.